The highest BCUT2D eigenvalue weighted by Gasteiger charge is 2.20. The first-order chi connectivity index (χ1) is 16.6. The molecule has 1 N–H and O–H groups in total. The second kappa shape index (κ2) is 11.5. The fourth-order valence-electron chi connectivity index (χ4n) is 4.28. The van der Waals surface area contributed by atoms with Gasteiger partial charge in [-0.05, 0) is 30.5 Å². The summed E-state index contributed by atoms with van der Waals surface area (Å²) in [5.41, 5.74) is 2.96. The van der Waals surface area contributed by atoms with Crippen molar-refractivity contribution in [2.45, 2.75) is 38.6 Å². The Kier molecular flexibility index (Phi) is 7.96. The normalized spacial score (nSPS) is 13.9. The van der Waals surface area contributed by atoms with Crippen LogP contribution in [0.3, 0.4) is 0 Å². The second-order valence-electron chi connectivity index (χ2n) is 8.61. The van der Waals surface area contributed by atoms with Gasteiger partial charge in [0.05, 0.1) is 19.2 Å². The molecule has 0 bridgehead atoms. The molecule has 7 heteroatoms. The van der Waals surface area contributed by atoms with Crippen molar-refractivity contribution in [3.8, 4) is 17.0 Å². The lowest BCUT2D eigenvalue weighted by Gasteiger charge is -2.20. The third-order valence-electron chi connectivity index (χ3n) is 6.12. The molecule has 1 aliphatic rings. The van der Waals surface area contributed by atoms with Crippen LogP contribution in [0.25, 0.3) is 11.3 Å². The smallest absolute Gasteiger partial charge is 0.255 e. The average molecular weight is 461 g/mol. The summed E-state index contributed by atoms with van der Waals surface area (Å²) in [5.74, 6) is 0.570. The average Bonchev–Trinajstić information content (AvgIpc) is 3.09. The number of hydrogen-bond donors (Lipinski definition) is 1. The molecule has 0 unspecified atom stereocenters. The predicted octanol–water partition coefficient (Wildman–Crippen LogP) is 4.13. The number of carbonyl (C=O) groups excluding carboxylic acids is 2. The van der Waals surface area contributed by atoms with Gasteiger partial charge in [-0.15, -0.1) is 0 Å². The predicted molar refractivity (Wildman–Crippen MR) is 132 cm³/mol. The molecule has 1 fully saturated rings. The zero-order chi connectivity index (χ0) is 23.8. The first kappa shape index (κ1) is 23.5. The molecule has 0 atom stereocenters. The number of nitrogens with one attached hydrogen (secondary N) is 1. The van der Waals surface area contributed by atoms with E-state index in [1.54, 1.807) is 18.0 Å². The number of benzene rings is 2. The quantitative estimate of drug-likeness (QED) is 0.548. The van der Waals surface area contributed by atoms with Gasteiger partial charge in [0, 0.05) is 37.8 Å². The van der Waals surface area contributed by atoms with Crippen LogP contribution in [0, 0.1) is 0 Å². The zero-order valence-electron chi connectivity index (χ0n) is 19.7. The molecule has 4 rings (SSSR count). The van der Waals surface area contributed by atoms with Crippen LogP contribution in [0.2, 0.25) is 0 Å². The number of rotatable bonds is 8. The first-order valence-electron chi connectivity index (χ1n) is 12.0. The number of amides is 2. The van der Waals surface area contributed by atoms with Gasteiger partial charge < -0.3 is 15.0 Å². The summed E-state index contributed by atoms with van der Waals surface area (Å²) in [4.78, 5) is 27.7. The highest BCUT2D eigenvalue weighted by molar-refractivity contribution is 6.00. The Morgan fingerprint density at radius 1 is 1.00 bits per heavy atom. The lowest BCUT2D eigenvalue weighted by molar-refractivity contribution is -0.131. The van der Waals surface area contributed by atoms with Crippen molar-refractivity contribution in [1.82, 2.24) is 20.0 Å². The summed E-state index contributed by atoms with van der Waals surface area (Å²) in [6.45, 7) is 2.49. The van der Waals surface area contributed by atoms with Crippen molar-refractivity contribution in [3.05, 3.63) is 71.9 Å². The topological polar surface area (TPSA) is 76.5 Å². The number of aromatic nitrogens is 2. The molecular weight excluding hydrogens is 428 g/mol. The first-order valence-corrected chi connectivity index (χ1v) is 12.0. The van der Waals surface area contributed by atoms with E-state index in [-0.39, 0.29) is 11.8 Å². The van der Waals surface area contributed by atoms with Gasteiger partial charge in [-0.1, -0.05) is 55.3 Å². The minimum absolute atomic E-state index is 0.106. The molecule has 3 aromatic rings. The lowest BCUT2D eigenvalue weighted by Crippen LogP contribution is -2.35. The van der Waals surface area contributed by atoms with E-state index in [1.807, 2.05) is 59.5 Å². The van der Waals surface area contributed by atoms with Crippen LogP contribution in [0.1, 0.15) is 48.0 Å². The number of carbonyl (C=O) groups is 2. The minimum Gasteiger partial charge on any atom is -0.497 e. The van der Waals surface area contributed by atoms with E-state index in [1.165, 1.54) is 12.8 Å². The largest absolute Gasteiger partial charge is 0.497 e. The highest BCUT2D eigenvalue weighted by Crippen LogP contribution is 2.26. The second-order valence-corrected chi connectivity index (χ2v) is 8.61. The molecule has 2 aromatic carbocycles. The van der Waals surface area contributed by atoms with Crippen molar-refractivity contribution < 1.29 is 14.3 Å². The van der Waals surface area contributed by atoms with Crippen LogP contribution in [0.5, 0.6) is 5.75 Å². The van der Waals surface area contributed by atoms with E-state index < -0.39 is 0 Å². The number of methoxy groups -OCH3 is 1. The molecular formula is C27H32N4O3. The van der Waals surface area contributed by atoms with E-state index in [0.29, 0.717) is 36.5 Å². The van der Waals surface area contributed by atoms with E-state index in [2.05, 4.69) is 5.32 Å². The SMILES string of the molecule is COc1cccc(-c2nn(Cc3ccccc3)cc2C(=O)NCCC(=O)N2CCCCCC2)c1. The third kappa shape index (κ3) is 6.04. The number of ether oxygens (including phenoxy) is 1. The summed E-state index contributed by atoms with van der Waals surface area (Å²) in [7, 11) is 1.61. The van der Waals surface area contributed by atoms with E-state index in [9.17, 15) is 9.59 Å². The van der Waals surface area contributed by atoms with Crippen LogP contribution in [0.15, 0.2) is 60.8 Å². The molecule has 2 heterocycles. The summed E-state index contributed by atoms with van der Waals surface area (Å²) < 4.78 is 7.14. The van der Waals surface area contributed by atoms with Crippen molar-refractivity contribution in [2.75, 3.05) is 26.7 Å². The van der Waals surface area contributed by atoms with Crippen molar-refractivity contribution in [2.24, 2.45) is 0 Å². The van der Waals surface area contributed by atoms with Gasteiger partial charge in [0.15, 0.2) is 0 Å². The van der Waals surface area contributed by atoms with Gasteiger partial charge >= 0.3 is 0 Å². The monoisotopic (exact) mass is 460 g/mol. The maximum absolute atomic E-state index is 13.2. The molecule has 1 saturated heterocycles. The third-order valence-corrected chi connectivity index (χ3v) is 6.12. The Labute approximate surface area is 200 Å². The van der Waals surface area contributed by atoms with Crippen molar-refractivity contribution in [1.29, 1.82) is 0 Å². The molecule has 1 aliphatic heterocycles. The van der Waals surface area contributed by atoms with Crippen LogP contribution in [-0.2, 0) is 11.3 Å². The highest BCUT2D eigenvalue weighted by atomic mass is 16.5. The van der Waals surface area contributed by atoms with Gasteiger partial charge in [-0.25, -0.2) is 0 Å². The summed E-state index contributed by atoms with van der Waals surface area (Å²) >= 11 is 0. The summed E-state index contributed by atoms with van der Waals surface area (Å²) in [6, 6.07) is 17.5. The fourth-order valence-corrected chi connectivity index (χ4v) is 4.28. The van der Waals surface area contributed by atoms with Gasteiger partial charge in [0.1, 0.15) is 11.4 Å². The maximum atomic E-state index is 13.2. The van der Waals surface area contributed by atoms with Gasteiger partial charge in [0.25, 0.3) is 5.91 Å². The molecule has 0 radical (unpaired) electrons. The van der Waals surface area contributed by atoms with Gasteiger partial charge in [-0.2, -0.15) is 5.10 Å². The maximum Gasteiger partial charge on any atom is 0.255 e. The summed E-state index contributed by atoms with van der Waals surface area (Å²) in [5, 5.41) is 7.65. The lowest BCUT2D eigenvalue weighted by atomic mass is 10.1. The molecule has 178 valence electrons. The Bertz CT molecular complexity index is 1100. The van der Waals surface area contributed by atoms with Crippen LogP contribution >= 0.6 is 0 Å². The van der Waals surface area contributed by atoms with E-state index >= 15 is 0 Å². The van der Waals surface area contributed by atoms with Crippen LogP contribution in [-0.4, -0.2) is 53.2 Å². The van der Waals surface area contributed by atoms with Gasteiger partial charge in [-0.3, -0.25) is 14.3 Å². The van der Waals surface area contributed by atoms with Crippen molar-refractivity contribution in [3.63, 3.8) is 0 Å². The fraction of sp³-hybridized carbons (Fsp3) is 0.370. The molecule has 34 heavy (non-hydrogen) atoms. The molecule has 0 spiro atoms. The number of likely N-dealkylation sites (tertiary alicyclic amines) is 1. The van der Waals surface area contributed by atoms with E-state index in [4.69, 9.17) is 9.84 Å². The summed E-state index contributed by atoms with van der Waals surface area (Å²) in [6.07, 6.45) is 6.55. The molecule has 0 saturated carbocycles. The Morgan fingerprint density at radius 3 is 2.50 bits per heavy atom. The molecule has 2 amide bonds. The molecule has 1 aromatic heterocycles. The van der Waals surface area contributed by atoms with Gasteiger partial charge in [0.2, 0.25) is 5.91 Å². The number of hydrogen-bond acceptors (Lipinski definition) is 4. The Morgan fingerprint density at radius 2 is 1.76 bits per heavy atom. The number of nitrogens with zero attached hydrogens (tertiary/aromatic N) is 3. The zero-order valence-corrected chi connectivity index (χ0v) is 19.7. The molecule has 7 nitrogen and oxygen atoms in total. The van der Waals surface area contributed by atoms with E-state index in [0.717, 1.165) is 37.1 Å². The Balaban J connectivity index is 1.49. The molecule has 0 aliphatic carbocycles. The standard InChI is InChI=1S/C27H32N4O3/c1-34-23-13-9-12-22(18-23)26-24(20-31(29-26)19-21-10-5-4-6-11-21)27(33)28-15-14-25(32)30-16-7-2-3-8-17-30/h4-6,9-13,18,20H,2-3,7-8,14-17,19H2,1H3,(H,28,33). The van der Waals surface area contributed by atoms with Crippen LogP contribution < -0.4 is 10.1 Å². The Hall–Kier alpha value is -3.61. The van der Waals surface area contributed by atoms with Crippen molar-refractivity contribution >= 4 is 11.8 Å². The van der Waals surface area contributed by atoms with Crippen LogP contribution in [0.4, 0.5) is 0 Å². The minimum atomic E-state index is -0.235.